The van der Waals surface area contributed by atoms with Crippen LogP contribution in [0.4, 0.5) is 13.2 Å². The molecule has 0 aliphatic heterocycles. The van der Waals surface area contributed by atoms with Crippen LogP contribution in [0.2, 0.25) is 0 Å². The van der Waals surface area contributed by atoms with Crippen molar-refractivity contribution < 1.29 is 41.0 Å². The van der Waals surface area contributed by atoms with Crippen molar-refractivity contribution in [3.05, 3.63) is 89.5 Å². The van der Waals surface area contributed by atoms with Gasteiger partial charge in [0, 0.05) is 25.2 Å². The van der Waals surface area contributed by atoms with E-state index in [1.165, 1.54) is 56.6 Å². The van der Waals surface area contributed by atoms with Gasteiger partial charge in [0.25, 0.3) is 0 Å². The van der Waals surface area contributed by atoms with E-state index in [1.807, 2.05) is 0 Å². The molecule has 3 aromatic carbocycles. The third-order valence-corrected chi connectivity index (χ3v) is 6.87. The number of methoxy groups -OCH3 is 1. The lowest BCUT2D eigenvalue weighted by Gasteiger charge is -2.19. The largest absolute Gasteiger partial charge is 0.497 e. The van der Waals surface area contributed by atoms with E-state index in [0.717, 1.165) is 22.5 Å². The minimum atomic E-state index is -4.63. The van der Waals surface area contributed by atoms with Gasteiger partial charge < -0.3 is 14.6 Å². The third kappa shape index (κ3) is 6.31. The van der Waals surface area contributed by atoms with Crippen LogP contribution in [0.1, 0.15) is 22.8 Å². The topological polar surface area (TPSA) is 93.1 Å². The van der Waals surface area contributed by atoms with Crippen LogP contribution in [-0.2, 0) is 27.5 Å². The second-order valence-corrected chi connectivity index (χ2v) is 9.59. The Balaban J connectivity index is 1.75. The zero-order valence-corrected chi connectivity index (χ0v) is 19.5. The Morgan fingerprint density at radius 1 is 1.00 bits per heavy atom. The Labute approximate surface area is 200 Å². The van der Waals surface area contributed by atoms with E-state index in [1.54, 1.807) is 12.1 Å². The molecule has 3 rings (SSSR count). The van der Waals surface area contributed by atoms with E-state index >= 15 is 0 Å². The predicted octanol–water partition coefficient (Wildman–Crippen LogP) is 4.74. The van der Waals surface area contributed by atoms with E-state index in [-0.39, 0.29) is 22.8 Å². The molecule has 0 aliphatic carbocycles. The van der Waals surface area contributed by atoms with Crippen molar-refractivity contribution in [3.8, 4) is 11.5 Å². The molecule has 0 aliphatic rings. The van der Waals surface area contributed by atoms with Crippen LogP contribution in [0.25, 0.3) is 0 Å². The van der Waals surface area contributed by atoms with Crippen LogP contribution in [0.15, 0.2) is 77.7 Å². The molecule has 1 atom stereocenters. The summed E-state index contributed by atoms with van der Waals surface area (Å²) in [6.07, 6.45) is -6.29. The molecule has 7 nitrogen and oxygen atoms in total. The Hall–Kier alpha value is -3.57. The average molecular weight is 510 g/mol. The molecule has 1 unspecified atom stereocenters. The van der Waals surface area contributed by atoms with Gasteiger partial charge in [-0.25, -0.2) is 13.2 Å². The number of halogens is 3. The number of carbonyl (C=O) groups is 1. The average Bonchev–Trinajstić information content (AvgIpc) is 2.82. The molecule has 0 bridgehead atoms. The van der Waals surface area contributed by atoms with E-state index in [0.29, 0.717) is 11.3 Å². The number of hydrogen-bond acceptors (Lipinski definition) is 5. The number of rotatable bonds is 9. The maximum Gasteiger partial charge on any atom is 0.416 e. The van der Waals surface area contributed by atoms with Gasteiger partial charge in [-0.05, 0) is 42.0 Å². The van der Waals surface area contributed by atoms with Crippen molar-refractivity contribution in [1.82, 2.24) is 4.31 Å². The van der Waals surface area contributed by atoms with Gasteiger partial charge in [0.15, 0.2) is 0 Å². The van der Waals surface area contributed by atoms with E-state index in [2.05, 4.69) is 0 Å². The number of carboxylic acid groups (broad SMARTS) is 1. The molecule has 3 aromatic rings. The smallest absolute Gasteiger partial charge is 0.416 e. The quantitative estimate of drug-likeness (QED) is 0.448. The Bertz CT molecular complexity index is 1290. The highest BCUT2D eigenvalue weighted by Gasteiger charge is 2.32. The first-order valence-electron chi connectivity index (χ1n) is 10.2. The van der Waals surface area contributed by atoms with Crippen LogP contribution in [0.5, 0.6) is 11.5 Å². The highest BCUT2D eigenvalue weighted by Crippen LogP contribution is 2.32. The molecule has 0 saturated carbocycles. The summed E-state index contributed by atoms with van der Waals surface area (Å²) in [6.45, 7) is 0.00973. The summed E-state index contributed by atoms with van der Waals surface area (Å²) in [4.78, 5) is 11.7. The number of sulfonamides is 1. The lowest BCUT2D eigenvalue weighted by atomic mass is 10.1. The Morgan fingerprint density at radius 2 is 1.66 bits per heavy atom. The number of alkyl halides is 3. The predicted molar refractivity (Wildman–Crippen MR) is 121 cm³/mol. The molecule has 0 spiro atoms. The molecule has 35 heavy (non-hydrogen) atoms. The summed E-state index contributed by atoms with van der Waals surface area (Å²) < 4.78 is 76.3. The van der Waals surface area contributed by atoms with Crippen LogP contribution in [-0.4, -0.2) is 38.0 Å². The highest BCUT2D eigenvalue weighted by atomic mass is 32.2. The maximum absolute atomic E-state index is 13.0. The van der Waals surface area contributed by atoms with E-state index < -0.39 is 33.8 Å². The van der Waals surface area contributed by atoms with Crippen molar-refractivity contribution in [2.24, 2.45) is 0 Å². The molecule has 0 saturated heterocycles. The van der Waals surface area contributed by atoms with E-state index in [9.17, 15) is 31.5 Å². The van der Waals surface area contributed by atoms with Gasteiger partial charge in [0.2, 0.25) is 16.1 Å². The zero-order chi connectivity index (χ0) is 25.8. The first kappa shape index (κ1) is 26.0. The normalized spacial score (nSPS) is 12.9. The van der Waals surface area contributed by atoms with Gasteiger partial charge >= 0.3 is 12.1 Å². The Morgan fingerprint density at radius 3 is 2.26 bits per heavy atom. The molecule has 0 radical (unpaired) electrons. The number of carboxylic acids is 1. The maximum atomic E-state index is 13.0. The molecule has 186 valence electrons. The number of hydrogen-bond donors (Lipinski definition) is 1. The first-order valence-corrected chi connectivity index (χ1v) is 11.6. The van der Waals surface area contributed by atoms with Crippen LogP contribution in [0.3, 0.4) is 0 Å². The van der Waals surface area contributed by atoms with Gasteiger partial charge in [-0.15, -0.1) is 0 Å². The summed E-state index contributed by atoms with van der Waals surface area (Å²) in [5.41, 5.74) is -0.571. The number of nitrogens with zero attached hydrogens (tertiary/aromatic N) is 1. The standard InChI is InChI=1S/C24H22F3NO6S/c1-28(35(31,32)21-8-4-7-20(14-21)33-2)15-16-9-11-19(12-10-16)34-22(23(29)30)17-5-3-6-18(13-17)24(25,26)27/h3-14,22H,15H2,1-2H3,(H,29,30). The third-order valence-electron chi connectivity index (χ3n) is 5.07. The van der Waals surface area contributed by atoms with E-state index in [4.69, 9.17) is 9.47 Å². The fraction of sp³-hybridized carbons (Fsp3) is 0.208. The van der Waals surface area contributed by atoms with Crippen molar-refractivity contribution in [1.29, 1.82) is 0 Å². The lowest BCUT2D eigenvalue weighted by molar-refractivity contribution is -0.146. The summed E-state index contributed by atoms with van der Waals surface area (Å²) in [5, 5.41) is 9.50. The summed E-state index contributed by atoms with van der Waals surface area (Å²) in [5.74, 6) is -0.968. The zero-order valence-electron chi connectivity index (χ0n) is 18.7. The van der Waals surface area contributed by atoms with Crippen molar-refractivity contribution in [3.63, 3.8) is 0 Å². The number of benzene rings is 3. The van der Waals surface area contributed by atoms with Crippen molar-refractivity contribution >= 4 is 16.0 Å². The SMILES string of the molecule is COc1cccc(S(=O)(=O)N(C)Cc2ccc(OC(C(=O)O)c3cccc(C(F)(F)F)c3)cc2)c1. The molecular formula is C24H22F3NO6S. The fourth-order valence-electron chi connectivity index (χ4n) is 3.23. The van der Waals surface area contributed by atoms with Crippen LogP contribution in [0, 0.1) is 0 Å². The van der Waals surface area contributed by atoms with Gasteiger partial charge in [0.1, 0.15) is 11.5 Å². The molecule has 0 fully saturated rings. The fourth-order valence-corrected chi connectivity index (χ4v) is 4.43. The molecule has 0 aromatic heterocycles. The number of ether oxygens (including phenoxy) is 2. The van der Waals surface area contributed by atoms with Crippen molar-refractivity contribution in [2.45, 2.75) is 23.7 Å². The van der Waals surface area contributed by atoms with Crippen LogP contribution >= 0.6 is 0 Å². The molecule has 0 heterocycles. The van der Waals surface area contributed by atoms with Crippen molar-refractivity contribution in [2.75, 3.05) is 14.2 Å². The molecular weight excluding hydrogens is 487 g/mol. The minimum absolute atomic E-state index is 0.00973. The molecule has 11 heteroatoms. The number of aliphatic carboxylic acids is 1. The lowest BCUT2D eigenvalue weighted by Crippen LogP contribution is -2.26. The minimum Gasteiger partial charge on any atom is -0.497 e. The summed E-state index contributed by atoms with van der Waals surface area (Å²) >= 11 is 0. The second kappa shape index (κ2) is 10.4. The van der Waals surface area contributed by atoms with Gasteiger partial charge in [-0.3, -0.25) is 0 Å². The summed E-state index contributed by atoms with van der Waals surface area (Å²) in [7, 11) is -0.968. The second-order valence-electron chi connectivity index (χ2n) is 7.54. The summed E-state index contributed by atoms with van der Waals surface area (Å²) in [6, 6.07) is 15.9. The van der Waals surface area contributed by atoms with Gasteiger partial charge in [-0.2, -0.15) is 17.5 Å². The van der Waals surface area contributed by atoms with Gasteiger partial charge in [-0.1, -0.05) is 30.3 Å². The first-order chi connectivity index (χ1) is 16.4. The molecule has 1 N–H and O–H groups in total. The molecule has 0 amide bonds. The monoisotopic (exact) mass is 509 g/mol. The highest BCUT2D eigenvalue weighted by molar-refractivity contribution is 7.89. The Kier molecular flexibility index (Phi) is 7.71. The van der Waals surface area contributed by atoms with Gasteiger partial charge in [0.05, 0.1) is 17.6 Å². The van der Waals surface area contributed by atoms with Crippen LogP contribution < -0.4 is 9.47 Å².